The molecule has 2 aromatic rings. The molecule has 6 nitrogen and oxygen atoms in total. The number of hydrogen-bond acceptors (Lipinski definition) is 4. The molecule has 0 radical (unpaired) electrons. The Bertz CT molecular complexity index is 823. The number of hydrogen-bond donors (Lipinski definition) is 1. The van der Waals surface area contributed by atoms with Crippen LogP contribution in [0.25, 0.3) is 0 Å². The van der Waals surface area contributed by atoms with Crippen molar-refractivity contribution in [3.63, 3.8) is 0 Å². The summed E-state index contributed by atoms with van der Waals surface area (Å²) < 4.78 is 11.0. The number of carbonyl (C=O) groups excluding carboxylic acids is 2. The fourth-order valence-electron chi connectivity index (χ4n) is 3.38. The van der Waals surface area contributed by atoms with Crippen LogP contribution in [0, 0.1) is 0 Å². The van der Waals surface area contributed by atoms with Gasteiger partial charge >= 0.3 is 0 Å². The van der Waals surface area contributed by atoms with Gasteiger partial charge in [-0.15, -0.1) is 0 Å². The lowest BCUT2D eigenvalue weighted by Crippen LogP contribution is -2.24. The highest BCUT2D eigenvalue weighted by atomic mass is 16.5. The van der Waals surface area contributed by atoms with E-state index in [9.17, 15) is 9.59 Å². The first-order valence-corrected chi connectivity index (χ1v) is 10.1. The molecule has 0 atom stereocenters. The standard InChI is InChI=1S/C23H28N2O4/c1-28-21-12-11-19(17-20(21)25-14-5-10-23(25)27)24-22(26)9-6-15-29-16-13-18-7-3-2-4-8-18/h2-4,7-8,11-12,17H,5-6,9-10,13-16H2,1H3,(H,24,26). The summed E-state index contributed by atoms with van der Waals surface area (Å²) in [6.07, 6.45) is 3.30. The number of carbonyl (C=O) groups is 2. The van der Waals surface area contributed by atoms with E-state index in [-0.39, 0.29) is 11.8 Å². The van der Waals surface area contributed by atoms with E-state index in [0.717, 1.165) is 12.8 Å². The fourth-order valence-corrected chi connectivity index (χ4v) is 3.38. The molecule has 2 aromatic carbocycles. The third-order valence-electron chi connectivity index (χ3n) is 4.90. The Morgan fingerprint density at radius 1 is 1.14 bits per heavy atom. The molecule has 29 heavy (non-hydrogen) atoms. The largest absolute Gasteiger partial charge is 0.495 e. The Morgan fingerprint density at radius 3 is 2.69 bits per heavy atom. The number of methoxy groups -OCH3 is 1. The molecule has 1 fully saturated rings. The number of ether oxygens (including phenoxy) is 2. The number of amides is 2. The first-order chi connectivity index (χ1) is 14.2. The van der Waals surface area contributed by atoms with Crippen LogP contribution >= 0.6 is 0 Å². The maximum Gasteiger partial charge on any atom is 0.227 e. The quantitative estimate of drug-likeness (QED) is 0.620. The molecule has 2 amide bonds. The lowest BCUT2D eigenvalue weighted by molar-refractivity contribution is -0.117. The minimum absolute atomic E-state index is 0.0690. The number of rotatable bonds is 10. The van der Waals surface area contributed by atoms with Gasteiger partial charge in [-0.05, 0) is 43.0 Å². The van der Waals surface area contributed by atoms with Gasteiger partial charge in [0.1, 0.15) is 5.75 Å². The zero-order valence-corrected chi connectivity index (χ0v) is 16.9. The van der Waals surface area contributed by atoms with Gasteiger partial charge in [-0.3, -0.25) is 9.59 Å². The van der Waals surface area contributed by atoms with Gasteiger partial charge < -0.3 is 19.7 Å². The molecular weight excluding hydrogens is 368 g/mol. The van der Waals surface area contributed by atoms with Crippen LogP contribution in [0.15, 0.2) is 48.5 Å². The van der Waals surface area contributed by atoms with Crippen molar-refractivity contribution in [2.45, 2.75) is 32.1 Å². The predicted octanol–water partition coefficient (Wildman–Crippen LogP) is 3.80. The minimum atomic E-state index is -0.0690. The molecular formula is C23H28N2O4. The fraction of sp³-hybridized carbons (Fsp3) is 0.391. The third kappa shape index (κ3) is 6.06. The second-order valence-electron chi connectivity index (χ2n) is 7.04. The summed E-state index contributed by atoms with van der Waals surface area (Å²) in [6.45, 7) is 1.88. The second-order valence-corrected chi connectivity index (χ2v) is 7.04. The number of anilines is 2. The average molecular weight is 396 g/mol. The molecule has 1 aliphatic heterocycles. The first-order valence-electron chi connectivity index (χ1n) is 10.1. The van der Waals surface area contributed by atoms with Crippen molar-refractivity contribution in [3.05, 3.63) is 54.1 Å². The normalized spacial score (nSPS) is 13.6. The maximum atomic E-state index is 12.2. The Morgan fingerprint density at radius 2 is 1.97 bits per heavy atom. The van der Waals surface area contributed by atoms with Gasteiger partial charge in [0, 0.05) is 31.7 Å². The highest BCUT2D eigenvalue weighted by Crippen LogP contribution is 2.34. The molecule has 1 aliphatic rings. The molecule has 0 spiro atoms. The van der Waals surface area contributed by atoms with E-state index in [1.165, 1.54) is 5.56 Å². The zero-order chi connectivity index (χ0) is 20.5. The smallest absolute Gasteiger partial charge is 0.227 e. The molecule has 0 aromatic heterocycles. The van der Waals surface area contributed by atoms with Gasteiger partial charge in [-0.1, -0.05) is 30.3 Å². The van der Waals surface area contributed by atoms with Crippen LogP contribution in [0.3, 0.4) is 0 Å². The van der Waals surface area contributed by atoms with Crippen LogP contribution in [0.1, 0.15) is 31.2 Å². The van der Waals surface area contributed by atoms with E-state index in [4.69, 9.17) is 9.47 Å². The highest BCUT2D eigenvalue weighted by Gasteiger charge is 2.24. The third-order valence-corrected chi connectivity index (χ3v) is 4.90. The second kappa shape index (κ2) is 10.6. The minimum Gasteiger partial charge on any atom is -0.495 e. The van der Waals surface area contributed by atoms with Gasteiger partial charge in [-0.2, -0.15) is 0 Å². The van der Waals surface area contributed by atoms with Crippen LogP contribution in [-0.2, 0) is 20.7 Å². The van der Waals surface area contributed by atoms with Crippen molar-refractivity contribution in [2.24, 2.45) is 0 Å². The molecule has 0 saturated carbocycles. The monoisotopic (exact) mass is 396 g/mol. The first kappa shape index (κ1) is 20.9. The highest BCUT2D eigenvalue weighted by molar-refractivity contribution is 5.98. The van der Waals surface area contributed by atoms with E-state index in [1.54, 1.807) is 30.2 Å². The van der Waals surface area contributed by atoms with Crippen LogP contribution in [0.5, 0.6) is 5.75 Å². The molecule has 0 aliphatic carbocycles. The van der Waals surface area contributed by atoms with Crippen molar-refractivity contribution in [1.82, 2.24) is 0 Å². The summed E-state index contributed by atoms with van der Waals surface area (Å²) in [5.41, 5.74) is 2.62. The summed E-state index contributed by atoms with van der Waals surface area (Å²) >= 11 is 0. The molecule has 1 heterocycles. The van der Waals surface area contributed by atoms with Crippen molar-refractivity contribution in [2.75, 3.05) is 37.1 Å². The Hall–Kier alpha value is -2.86. The number of nitrogens with zero attached hydrogens (tertiary/aromatic N) is 1. The summed E-state index contributed by atoms with van der Waals surface area (Å²) in [5, 5.41) is 2.90. The van der Waals surface area contributed by atoms with Crippen molar-refractivity contribution in [1.29, 1.82) is 0 Å². The van der Waals surface area contributed by atoms with Crippen molar-refractivity contribution < 1.29 is 19.1 Å². The van der Waals surface area contributed by atoms with E-state index < -0.39 is 0 Å². The van der Waals surface area contributed by atoms with Crippen LogP contribution < -0.4 is 15.0 Å². The SMILES string of the molecule is COc1ccc(NC(=O)CCCOCCc2ccccc2)cc1N1CCCC1=O. The molecule has 0 unspecified atom stereocenters. The molecule has 3 rings (SSSR count). The Balaban J connectivity index is 1.42. The van der Waals surface area contributed by atoms with Crippen LogP contribution in [-0.4, -0.2) is 38.7 Å². The van der Waals surface area contributed by atoms with Gasteiger partial charge in [0.05, 0.1) is 19.4 Å². The number of nitrogens with one attached hydrogen (secondary N) is 1. The van der Waals surface area contributed by atoms with Gasteiger partial charge in [0.15, 0.2) is 0 Å². The van der Waals surface area contributed by atoms with E-state index in [0.29, 0.717) is 56.1 Å². The zero-order valence-electron chi connectivity index (χ0n) is 16.9. The summed E-state index contributed by atoms with van der Waals surface area (Å²) in [5.74, 6) is 0.644. The lowest BCUT2D eigenvalue weighted by Gasteiger charge is -2.20. The molecule has 1 N–H and O–H groups in total. The Kier molecular flexibility index (Phi) is 7.64. The molecule has 6 heteroatoms. The summed E-state index contributed by atoms with van der Waals surface area (Å²) in [4.78, 5) is 26.0. The summed E-state index contributed by atoms with van der Waals surface area (Å²) in [7, 11) is 1.58. The summed E-state index contributed by atoms with van der Waals surface area (Å²) in [6, 6.07) is 15.6. The Labute approximate surface area is 171 Å². The van der Waals surface area contributed by atoms with Crippen LogP contribution in [0.2, 0.25) is 0 Å². The predicted molar refractivity (Wildman–Crippen MR) is 113 cm³/mol. The topological polar surface area (TPSA) is 67.9 Å². The van der Waals surface area contributed by atoms with Gasteiger partial charge in [0.2, 0.25) is 11.8 Å². The average Bonchev–Trinajstić information content (AvgIpc) is 3.17. The van der Waals surface area contributed by atoms with Gasteiger partial charge in [-0.25, -0.2) is 0 Å². The van der Waals surface area contributed by atoms with Crippen molar-refractivity contribution in [3.8, 4) is 5.75 Å². The van der Waals surface area contributed by atoms with Gasteiger partial charge in [0.25, 0.3) is 0 Å². The van der Waals surface area contributed by atoms with Crippen molar-refractivity contribution >= 4 is 23.2 Å². The van der Waals surface area contributed by atoms with E-state index in [2.05, 4.69) is 17.4 Å². The van der Waals surface area contributed by atoms with E-state index in [1.807, 2.05) is 18.2 Å². The maximum absolute atomic E-state index is 12.2. The van der Waals surface area contributed by atoms with E-state index >= 15 is 0 Å². The number of benzene rings is 2. The molecule has 154 valence electrons. The van der Waals surface area contributed by atoms with Crippen LogP contribution in [0.4, 0.5) is 11.4 Å². The lowest BCUT2D eigenvalue weighted by atomic mass is 10.2. The molecule has 1 saturated heterocycles. The molecule has 0 bridgehead atoms.